The number of pyridine rings is 1. The summed E-state index contributed by atoms with van der Waals surface area (Å²) in [7, 11) is 1.37. The molecule has 0 aliphatic carbocycles. The van der Waals surface area contributed by atoms with E-state index >= 15 is 0 Å². The second-order valence-electron chi connectivity index (χ2n) is 2.83. The number of nitrogens with two attached hydrogens (primary N) is 1. The molecule has 6 heteroatoms. The topological polar surface area (TPSA) is 89.3 Å². The minimum Gasteiger partial charge on any atom is -0.469 e. The molecular formula is C9H14N4O2. The summed E-state index contributed by atoms with van der Waals surface area (Å²) in [5.74, 6) is 5.53. The van der Waals surface area contributed by atoms with Crippen LogP contribution in [0.15, 0.2) is 18.3 Å². The van der Waals surface area contributed by atoms with Crippen LogP contribution in [0, 0.1) is 0 Å². The maximum Gasteiger partial charge on any atom is 0.307 e. The van der Waals surface area contributed by atoms with Gasteiger partial charge in [0.1, 0.15) is 5.82 Å². The van der Waals surface area contributed by atoms with Crippen molar-refractivity contribution in [2.75, 3.05) is 24.4 Å². The third-order valence-corrected chi connectivity index (χ3v) is 1.79. The molecule has 1 rings (SSSR count). The Morgan fingerprint density at radius 3 is 3.13 bits per heavy atom. The smallest absolute Gasteiger partial charge is 0.307 e. The Bertz CT molecular complexity index is 330. The first-order valence-corrected chi connectivity index (χ1v) is 4.49. The Balaban J connectivity index is 2.40. The molecule has 6 nitrogen and oxygen atoms in total. The van der Waals surface area contributed by atoms with Crippen LogP contribution in [0.1, 0.15) is 6.42 Å². The number of methoxy groups -OCH3 is 1. The van der Waals surface area contributed by atoms with Crippen LogP contribution in [0.5, 0.6) is 0 Å². The van der Waals surface area contributed by atoms with Gasteiger partial charge in [-0.3, -0.25) is 4.79 Å². The van der Waals surface area contributed by atoms with E-state index in [0.717, 1.165) is 5.69 Å². The number of hydrogen-bond donors (Lipinski definition) is 3. The maximum absolute atomic E-state index is 10.8. The van der Waals surface area contributed by atoms with E-state index in [2.05, 4.69) is 20.5 Å². The van der Waals surface area contributed by atoms with Gasteiger partial charge in [0.2, 0.25) is 0 Å². The average Bonchev–Trinajstić information content (AvgIpc) is 2.29. The minimum atomic E-state index is -0.242. The van der Waals surface area contributed by atoms with Crippen LogP contribution in [0.2, 0.25) is 0 Å². The number of nitrogens with one attached hydrogen (secondary N) is 2. The highest BCUT2D eigenvalue weighted by molar-refractivity contribution is 5.69. The van der Waals surface area contributed by atoms with E-state index in [1.807, 2.05) is 0 Å². The molecule has 0 atom stereocenters. The van der Waals surface area contributed by atoms with Crippen LogP contribution in [0.3, 0.4) is 0 Å². The Kier molecular flexibility index (Phi) is 4.36. The third-order valence-electron chi connectivity index (χ3n) is 1.79. The Labute approximate surface area is 87.8 Å². The van der Waals surface area contributed by atoms with Crippen molar-refractivity contribution in [3.63, 3.8) is 0 Å². The molecule has 0 saturated carbocycles. The second kappa shape index (κ2) is 5.82. The van der Waals surface area contributed by atoms with Crippen molar-refractivity contribution in [2.45, 2.75) is 6.42 Å². The van der Waals surface area contributed by atoms with Crippen molar-refractivity contribution < 1.29 is 9.53 Å². The van der Waals surface area contributed by atoms with Gasteiger partial charge in [-0.1, -0.05) is 0 Å². The zero-order valence-corrected chi connectivity index (χ0v) is 8.49. The molecule has 82 valence electrons. The molecule has 1 aromatic heterocycles. The Morgan fingerprint density at radius 1 is 1.67 bits per heavy atom. The second-order valence-corrected chi connectivity index (χ2v) is 2.83. The molecule has 0 unspecified atom stereocenters. The Hall–Kier alpha value is -1.82. The molecule has 0 spiro atoms. The van der Waals surface area contributed by atoms with Gasteiger partial charge in [-0.15, -0.1) is 0 Å². The maximum atomic E-state index is 10.8. The highest BCUT2D eigenvalue weighted by atomic mass is 16.5. The summed E-state index contributed by atoms with van der Waals surface area (Å²) in [6.07, 6.45) is 1.94. The van der Waals surface area contributed by atoms with E-state index in [1.165, 1.54) is 7.11 Å². The van der Waals surface area contributed by atoms with Gasteiger partial charge in [0, 0.05) is 24.5 Å². The van der Waals surface area contributed by atoms with E-state index in [4.69, 9.17) is 5.84 Å². The number of carbonyl (C=O) groups is 1. The number of nitrogens with zero attached hydrogens (tertiary/aromatic N) is 1. The Morgan fingerprint density at radius 2 is 2.47 bits per heavy atom. The zero-order valence-electron chi connectivity index (χ0n) is 8.49. The summed E-state index contributed by atoms with van der Waals surface area (Å²) in [4.78, 5) is 14.8. The fourth-order valence-corrected chi connectivity index (χ4v) is 1.03. The number of esters is 1. The number of nitrogen functional groups attached to an aromatic ring is 1. The molecule has 1 aromatic rings. The van der Waals surface area contributed by atoms with Crippen molar-refractivity contribution in [3.05, 3.63) is 18.3 Å². The lowest BCUT2D eigenvalue weighted by molar-refractivity contribution is -0.140. The average molecular weight is 210 g/mol. The van der Waals surface area contributed by atoms with Crippen molar-refractivity contribution >= 4 is 17.5 Å². The van der Waals surface area contributed by atoms with Crippen molar-refractivity contribution in [1.82, 2.24) is 4.98 Å². The van der Waals surface area contributed by atoms with Gasteiger partial charge in [-0.05, 0) is 6.07 Å². The van der Waals surface area contributed by atoms with Crippen molar-refractivity contribution in [3.8, 4) is 0 Å². The molecule has 0 saturated heterocycles. The molecule has 0 fully saturated rings. The van der Waals surface area contributed by atoms with E-state index in [1.54, 1.807) is 18.3 Å². The van der Waals surface area contributed by atoms with Gasteiger partial charge >= 0.3 is 5.97 Å². The number of ether oxygens (including phenoxy) is 1. The van der Waals surface area contributed by atoms with Crippen molar-refractivity contribution in [2.24, 2.45) is 5.84 Å². The van der Waals surface area contributed by atoms with Gasteiger partial charge in [-0.2, -0.15) is 0 Å². The summed E-state index contributed by atoms with van der Waals surface area (Å²) in [6, 6.07) is 3.54. The molecule has 0 aliphatic rings. The number of carbonyl (C=O) groups excluding carboxylic acids is 1. The molecule has 0 radical (unpaired) electrons. The summed E-state index contributed by atoms with van der Waals surface area (Å²) < 4.78 is 4.51. The first kappa shape index (κ1) is 11.3. The van der Waals surface area contributed by atoms with Crippen LogP contribution < -0.4 is 16.6 Å². The highest BCUT2D eigenvalue weighted by Crippen LogP contribution is 2.10. The van der Waals surface area contributed by atoms with Crippen LogP contribution in [0.25, 0.3) is 0 Å². The summed E-state index contributed by atoms with van der Waals surface area (Å²) >= 11 is 0. The SMILES string of the molecule is COC(=O)CCNc1ccnc(NN)c1. The fourth-order valence-electron chi connectivity index (χ4n) is 1.03. The van der Waals surface area contributed by atoms with Crippen LogP contribution in [-0.4, -0.2) is 24.6 Å². The quantitative estimate of drug-likeness (QED) is 0.369. The van der Waals surface area contributed by atoms with Crippen LogP contribution >= 0.6 is 0 Å². The van der Waals surface area contributed by atoms with Gasteiger partial charge in [0.05, 0.1) is 13.5 Å². The summed E-state index contributed by atoms with van der Waals surface area (Å²) in [5.41, 5.74) is 3.28. The lowest BCUT2D eigenvalue weighted by Crippen LogP contribution is -2.11. The van der Waals surface area contributed by atoms with E-state index in [9.17, 15) is 4.79 Å². The molecule has 0 aliphatic heterocycles. The van der Waals surface area contributed by atoms with Gasteiger partial charge in [-0.25, -0.2) is 10.8 Å². The molecule has 0 amide bonds. The zero-order chi connectivity index (χ0) is 11.1. The predicted octanol–water partition coefficient (Wildman–Crippen LogP) is 0.342. The molecule has 0 bridgehead atoms. The first-order valence-electron chi connectivity index (χ1n) is 4.49. The molecule has 4 N–H and O–H groups in total. The van der Waals surface area contributed by atoms with E-state index in [0.29, 0.717) is 18.8 Å². The third kappa shape index (κ3) is 3.82. The van der Waals surface area contributed by atoms with Gasteiger partial charge in [0.25, 0.3) is 0 Å². The first-order chi connectivity index (χ1) is 7.26. The fraction of sp³-hybridized carbons (Fsp3) is 0.333. The number of anilines is 2. The van der Waals surface area contributed by atoms with E-state index < -0.39 is 0 Å². The lowest BCUT2D eigenvalue weighted by atomic mass is 10.3. The number of hydrogen-bond acceptors (Lipinski definition) is 6. The number of rotatable bonds is 5. The summed E-state index contributed by atoms with van der Waals surface area (Å²) in [5, 5.41) is 3.05. The minimum absolute atomic E-state index is 0.242. The standard InChI is InChI=1S/C9H14N4O2/c1-15-9(14)3-5-11-7-2-4-12-8(6-7)13-10/h2,4,6H,3,5,10H2,1H3,(H2,11,12,13). The molecule has 15 heavy (non-hydrogen) atoms. The molecule has 0 aromatic carbocycles. The largest absolute Gasteiger partial charge is 0.469 e. The lowest BCUT2D eigenvalue weighted by Gasteiger charge is -2.06. The normalized spacial score (nSPS) is 9.47. The number of hydrazine groups is 1. The van der Waals surface area contributed by atoms with Crippen LogP contribution in [-0.2, 0) is 9.53 Å². The highest BCUT2D eigenvalue weighted by Gasteiger charge is 1.99. The van der Waals surface area contributed by atoms with Gasteiger partial charge in [0.15, 0.2) is 0 Å². The monoisotopic (exact) mass is 210 g/mol. The van der Waals surface area contributed by atoms with Gasteiger partial charge < -0.3 is 15.5 Å². The predicted molar refractivity (Wildman–Crippen MR) is 57.2 cm³/mol. The summed E-state index contributed by atoms with van der Waals surface area (Å²) in [6.45, 7) is 0.515. The van der Waals surface area contributed by atoms with E-state index in [-0.39, 0.29) is 5.97 Å². The molecule has 1 heterocycles. The number of aromatic nitrogens is 1. The van der Waals surface area contributed by atoms with Crippen LogP contribution in [0.4, 0.5) is 11.5 Å². The van der Waals surface area contributed by atoms with Crippen molar-refractivity contribution in [1.29, 1.82) is 0 Å². The molecular weight excluding hydrogens is 196 g/mol.